The van der Waals surface area contributed by atoms with Gasteiger partial charge in [0.05, 0.1) is 31.0 Å². The number of piperidine rings is 1. The van der Waals surface area contributed by atoms with Gasteiger partial charge < -0.3 is 14.5 Å². The third kappa shape index (κ3) is 7.77. The number of nitrogens with zero attached hydrogens (tertiary/aromatic N) is 1. The summed E-state index contributed by atoms with van der Waals surface area (Å²) in [7, 11) is 0. The predicted octanol–water partition coefficient (Wildman–Crippen LogP) is 3.52. The molecule has 1 N–H and O–H groups in total. The molecule has 1 aliphatic rings. The first kappa shape index (κ1) is 25.1. The number of carbonyl (C=O) groups is 3. The Labute approximate surface area is 176 Å². The van der Waals surface area contributed by atoms with Crippen LogP contribution in [0.4, 0.5) is 0 Å². The Kier molecular flexibility index (Phi) is 9.27. The number of ether oxygens (including phenoxy) is 1. The van der Waals surface area contributed by atoms with Gasteiger partial charge in [0.25, 0.3) is 5.91 Å². The average Bonchev–Trinajstić information content (AvgIpc) is 2.65. The molecule has 29 heavy (non-hydrogen) atoms. The number of allylic oxidation sites excluding steroid dienone is 2. The van der Waals surface area contributed by atoms with Crippen LogP contribution in [0.25, 0.3) is 0 Å². The van der Waals surface area contributed by atoms with Gasteiger partial charge in [-0.3, -0.25) is 9.59 Å². The van der Waals surface area contributed by atoms with E-state index in [-0.39, 0.29) is 23.7 Å². The topological polar surface area (TPSA) is 72.5 Å². The summed E-state index contributed by atoms with van der Waals surface area (Å²) >= 11 is 0. The summed E-state index contributed by atoms with van der Waals surface area (Å²) in [4.78, 5) is 37.2. The zero-order valence-electron chi connectivity index (χ0n) is 19.3. The molecule has 1 aliphatic heterocycles. The maximum absolute atomic E-state index is 13.0. The molecule has 0 spiro atoms. The normalized spacial score (nSPS) is 19.2. The van der Waals surface area contributed by atoms with Crippen molar-refractivity contribution in [3.63, 3.8) is 0 Å². The van der Waals surface area contributed by atoms with Gasteiger partial charge in [-0.2, -0.15) is 0 Å². The van der Waals surface area contributed by atoms with Crippen molar-refractivity contribution in [3.8, 4) is 0 Å². The Bertz CT molecular complexity index is 679. The zero-order valence-corrected chi connectivity index (χ0v) is 19.3. The molecule has 1 amide bonds. The Morgan fingerprint density at radius 3 is 2.14 bits per heavy atom. The first-order chi connectivity index (χ1) is 13.4. The lowest BCUT2D eigenvalue weighted by atomic mass is 9.81. The molecule has 6 heteroatoms. The van der Waals surface area contributed by atoms with Crippen molar-refractivity contribution in [3.05, 3.63) is 22.9 Å². The summed E-state index contributed by atoms with van der Waals surface area (Å²) in [6.45, 7) is 15.9. The zero-order chi connectivity index (χ0) is 22.2. The number of esters is 1. The average molecular weight is 408 g/mol. The fourth-order valence-corrected chi connectivity index (χ4v) is 3.68. The molecule has 1 rings (SSSR count). The second-order valence-corrected chi connectivity index (χ2v) is 9.13. The maximum atomic E-state index is 13.0. The van der Waals surface area contributed by atoms with E-state index in [2.05, 4.69) is 19.2 Å². The van der Waals surface area contributed by atoms with Crippen LogP contribution in [0.5, 0.6) is 0 Å². The van der Waals surface area contributed by atoms with Crippen LogP contribution >= 0.6 is 0 Å². The van der Waals surface area contributed by atoms with Gasteiger partial charge >= 0.3 is 5.97 Å². The van der Waals surface area contributed by atoms with E-state index in [4.69, 9.17) is 4.74 Å². The monoisotopic (exact) mass is 407 g/mol. The van der Waals surface area contributed by atoms with Crippen molar-refractivity contribution in [1.29, 1.82) is 0 Å². The van der Waals surface area contributed by atoms with E-state index in [1.165, 1.54) is 0 Å². The van der Waals surface area contributed by atoms with Gasteiger partial charge in [0, 0.05) is 19.8 Å². The number of rotatable bonds is 9. The number of hydrogen-bond donors (Lipinski definition) is 1. The SMILES string of the molecule is C/C=C(C)\C(NC(=O)C[N+]1(CC(C)=O)CCC(C)(C)CC1)=C(/C)C(=O)OCCC. The smallest absolute Gasteiger partial charge is 0.335 e. The van der Waals surface area contributed by atoms with Gasteiger partial charge in [-0.15, -0.1) is 0 Å². The lowest BCUT2D eigenvalue weighted by Gasteiger charge is -2.45. The van der Waals surface area contributed by atoms with E-state index >= 15 is 0 Å². The fraction of sp³-hybridized carbons (Fsp3) is 0.696. The molecule has 0 atom stereocenters. The highest BCUT2D eigenvalue weighted by Gasteiger charge is 2.40. The molecule has 1 fully saturated rings. The van der Waals surface area contributed by atoms with Gasteiger partial charge in [-0.1, -0.05) is 26.8 Å². The number of carbonyl (C=O) groups excluding carboxylic acids is 3. The van der Waals surface area contributed by atoms with E-state index in [0.717, 1.165) is 37.9 Å². The molecule has 1 heterocycles. The molecular formula is C23H39N2O4+. The molecule has 0 saturated carbocycles. The Balaban J connectivity index is 3.03. The van der Waals surface area contributed by atoms with Gasteiger partial charge in [-0.05, 0) is 38.2 Å². The Morgan fingerprint density at radius 2 is 1.66 bits per heavy atom. The highest BCUT2D eigenvalue weighted by molar-refractivity contribution is 5.91. The predicted molar refractivity (Wildman–Crippen MR) is 115 cm³/mol. The molecule has 0 bridgehead atoms. The molecule has 0 aromatic rings. The summed E-state index contributed by atoms with van der Waals surface area (Å²) in [6, 6.07) is 0. The van der Waals surface area contributed by atoms with Crippen LogP contribution < -0.4 is 5.32 Å². The van der Waals surface area contributed by atoms with E-state index in [9.17, 15) is 14.4 Å². The van der Waals surface area contributed by atoms with E-state index in [1.54, 1.807) is 13.8 Å². The summed E-state index contributed by atoms with van der Waals surface area (Å²) in [5.41, 5.74) is 1.93. The molecule has 0 radical (unpaired) electrons. The quantitative estimate of drug-likeness (QED) is 0.275. The standard InChI is InChI=1S/C23H38N2O4/c1-8-14-29-22(28)19(5)21(17(3)9-2)24-20(27)16-25(15-18(4)26)12-10-23(6,7)11-13-25/h9H,8,10-16H2,1-7H3/p+1/b17-9-. The van der Waals surface area contributed by atoms with Crippen molar-refractivity contribution in [2.75, 3.05) is 32.8 Å². The summed E-state index contributed by atoms with van der Waals surface area (Å²) < 4.78 is 5.71. The number of quaternary nitrogens is 1. The minimum atomic E-state index is -0.421. The van der Waals surface area contributed by atoms with Crippen LogP contribution in [0.2, 0.25) is 0 Å². The van der Waals surface area contributed by atoms with Gasteiger partial charge in [0.15, 0.2) is 12.3 Å². The van der Waals surface area contributed by atoms with Crippen LogP contribution in [0.15, 0.2) is 22.9 Å². The van der Waals surface area contributed by atoms with Crippen LogP contribution in [0.1, 0.15) is 67.7 Å². The number of hydrogen-bond acceptors (Lipinski definition) is 4. The first-order valence-corrected chi connectivity index (χ1v) is 10.6. The minimum Gasteiger partial charge on any atom is -0.462 e. The molecule has 0 aromatic heterocycles. The van der Waals surface area contributed by atoms with Crippen molar-refractivity contribution in [2.45, 2.75) is 67.7 Å². The van der Waals surface area contributed by atoms with Crippen LogP contribution in [0.3, 0.4) is 0 Å². The Hall–Kier alpha value is -1.95. The van der Waals surface area contributed by atoms with Gasteiger partial charge in [0.1, 0.15) is 6.54 Å². The minimum absolute atomic E-state index is 0.0947. The number of ketones is 1. The number of likely N-dealkylation sites (tertiary alicyclic amines) is 1. The Morgan fingerprint density at radius 1 is 1.07 bits per heavy atom. The van der Waals surface area contributed by atoms with Gasteiger partial charge in [0.2, 0.25) is 0 Å². The van der Waals surface area contributed by atoms with Crippen LogP contribution in [0, 0.1) is 5.41 Å². The highest BCUT2D eigenvalue weighted by atomic mass is 16.5. The summed E-state index contributed by atoms with van der Waals surface area (Å²) in [6.07, 6.45) is 4.55. The molecular weight excluding hydrogens is 368 g/mol. The van der Waals surface area contributed by atoms with Crippen molar-refractivity contribution in [2.24, 2.45) is 5.41 Å². The maximum Gasteiger partial charge on any atom is 0.335 e. The lowest BCUT2D eigenvalue weighted by Crippen LogP contribution is -2.60. The molecule has 6 nitrogen and oxygen atoms in total. The lowest BCUT2D eigenvalue weighted by molar-refractivity contribution is -0.920. The van der Waals surface area contributed by atoms with Crippen molar-refractivity contribution >= 4 is 17.7 Å². The first-order valence-electron chi connectivity index (χ1n) is 10.6. The second kappa shape index (κ2) is 10.7. The third-order valence-corrected chi connectivity index (χ3v) is 5.77. The molecule has 1 saturated heterocycles. The van der Waals surface area contributed by atoms with Crippen LogP contribution in [-0.2, 0) is 19.1 Å². The largest absolute Gasteiger partial charge is 0.462 e. The fourth-order valence-electron chi connectivity index (χ4n) is 3.68. The molecule has 164 valence electrons. The summed E-state index contributed by atoms with van der Waals surface area (Å²) in [5, 5.41) is 2.94. The number of amides is 1. The van der Waals surface area contributed by atoms with Gasteiger partial charge in [-0.25, -0.2) is 4.79 Å². The second-order valence-electron chi connectivity index (χ2n) is 9.13. The van der Waals surface area contributed by atoms with Crippen molar-refractivity contribution < 1.29 is 23.6 Å². The summed E-state index contributed by atoms with van der Waals surface area (Å²) in [5.74, 6) is -0.502. The van der Waals surface area contributed by atoms with Crippen LogP contribution in [-0.4, -0.2) is 54.9 Å². The number of Topliss-reactive ketones (excluding diaryl/α,β-unsaturated/α-hetero) is 1. The number of nitrogens with one attached hydrogen (secondary N) is 1. The van der Waals surface area contributed by atoms with E-state index in [0.29, 0.717) is 28.9 Å². The molecule has 0 unspecified atom stereocenters. The van der Waals surface area contributed by atoms with Crippen molar-refractivity contribution in [1.82, 2.24) is 5.32 Å². The van der Waals surface area contributed by atoms with E-state index in [1.807, 2.05) is 26.8 Å². The highest BCUT2D eigenvalue weighted by Crippen LogP contribution is 2.33. The molecule has 0 aliphatic carbocycles. The third-order valence-electron chi connectivity index (χ3n) is 5.77. The molecule has 0 aromatic carbocycles. The van der Waals surface area contributed by atoms with E-state index < -0.39 is 5.97 Å².